The van der Waals surface area contributed by atoms with Crippen LogP contribution in [0.25, 0.3) is 0 Å². The molecule has 1 aliphatic carbocycles. The van der Waals surface area contributed by atoms with E-state index in [2.05, 4.69) is 11.8 Å². The van der Waals surface area contributed by atoms with Gasteiger partial charge in [0.05, 0.1) is 5.69 Å². The van der Waals surface area contributed by atoms with Gasteiger partial charge >= 0.3 is 0 Å². The van der Waals surface area contributed by atoms with Crippen molar-refractivity contribution in [3.63, 3.8) is 0 Å². The van der Waals surface area contributed by atoms with Gasteiger partial charge in [-0.25, -0.2) is 4.39 Å². The number of rotatable bonds is 3. The summed E-state index contributed by atoms with van der Waals surface area (Å²) in [5.74, 6) is 1.02. The highest BCUT2D eigenvalue weighted by Gasteiger charge is 2.23. The standard InChI is InChI=1S/C15H21ClFN/c1-11-3-6-13(7-4-11)18(2)15-8-5-12(10-16)9-14(15)17/h5,8-9,11,13H,3-4,6-7,10H2,1-2H3. The van der Waals surface area contributed by atoms with E-state index >= 15 is 0 Å². The van der Waals surface area contributed by atoms with Gasteiger partial charge in [-0.3, -0.25) is 0 Å². The van der Waals surface area contributed by atoms with E-state index in [1.807, 2.05) is 19.2 Å². The quantitative estimate of drug-likeness (QED) is 0.726. The summed E-state index contributed by atoms with van der Waals surface area (Å²) in [6.07, 6.45) is 4.81. The molecule has 0 heterocycles. The van der Waals surface area contributed by atoms with Crippen molar-refractivity contribution in [1.82, 2.24) is 0 Å². The lowest BCUT2D eigenvalue weighted by Gasteiger charge is -2.35. The Morgan fingerprint density at radius 2 is 1.94 bits per heavy atom. The van der Waals surface area contributed by atoms with Crippen molar-refractivity contribution in [3.8, 4) is 0 Å². The van der Waals surface area contributed by atoms with Crippen LogP contribution < -0.4 is 4.90 Å². The Balaban J connectivity index is 2.11. The first-order chi connectivity index (χ1) is 8.61. The molecule has 0 saturated heterocycles. The minimum absolute atomic E-state index is 0.158. The van der Waals surface area contributed by atoms with E-state index in [0.717, 1.165) is 24.3 Å². The molecule has 1 saturated carbocycles. The Labute approximate surface area is 114 Å². The molecule has 2 rings (SSSR count). The topological polar surface area (TPSA) is 3.24 Å². The lowest BCUT2D eigenvalue weighted by atomic mass is 9.86. The number of benzene rings is 1. The molecule has 0 atom stereocenters. The third kappa shape index (κ3) is 2.97. The van der Waals surface area contributed by atoms with Gasteiger partial charge < -0.3 is 4.90 Å². The molecule has 0 aliphatic heterocycles. The molecular formula is C15H21ClFN. The van der Waals surface area contributed by atoms with Crippen LogP contribution in [-0.4, -0.2) is 13.1 Å². The minimum atomic E-state index is -0.158. The number of hydrogen-bond donors (Lipinski definition) is 0. The van der Waals surface area contributed by atoms with Crippen LogP contribution in [0.4, 0.5) is 10.1 Å². The van der Waals surface area contributed by atoms with Gasteiger partial charge in [-0.15, -0.1) is 11.6 Å². The number of halogens is 2. The van der Waals surface area contributed by atoms with Gasteiger partial charge in [0.15, 0.2) is 0 Å². The van der Waals surface area contributed by atoms with Gasteiger partial charge in [0.2, 0.25) is 0 Å². The Kier molecular flexibility index (Phi) is 4.50. The fourth-order valence-corrected chi connectivity index (χ4v) is 2.91. The molecule has 1 nitrogen and oxygen atoms in total. The van der Waals surface area contributed by atoms with E-state index in [1.165, 1.54) is 12.8 Å². The van der Waals surface area contributed by atoms with Crippen LogP contribution in [-0.2, 0) is 5.88 Å². The molecule has 1 aliphatic rings. The molecule has 1 aromatic carbocycles. The Morgan fingerprint density at radius 3 is 2.50 bits per heavy atom. The van der Waals surface area contributed by atoms with Crippen molar-refractivity contribution < 1.29 is 4.39 Å². The summed E-state index contributed by atoms with van der Waals surface area (Å²) in [7, 11) is 2.00. The summed E-state index contributed by atoms with van der Waals surface area (Å²) in [4.78, 5) is 2.10. The van der Waals surface area contributed by atoms with Crippen molar-refractivity contribution in [2.24, 2.45) is 5.92 Å². The highest BCUT2D eigenvalue weighted by atomic mass is 35.5. The fraction of sp³-hybridized carbons (Fsp3) is 0.600. The lowest BCUT2D eigenvalue weighted by Crippen LogP contribution is -2.35. The molecule has 0 N–H and O–H groups in total. The average molecular weight is 270 g/mol. The van der Waals surface area contributed by atoms with Crippen molar-refractivity contribution in [1.29, 1.82) is 0 Å². The van der Waals surface area contributed by atoms with E-state index in [-0.39, 0.29) is 5.82 Å². The van der Waals surface area contributed by atoms with Crippen LogP contribution in [0, 0.1) is 11.7 Å². The van der Waals surface area contributed by atoms with Gasteiger partial charge in [-0.2, -0.15) is 0 Å². The molecule has 0 amide bonds. The zero-order valence-corrected chi connectivity index (χ0v) is 11.9. The summed E-state index contributed by atoms with van der Waals surface area (Å²) < 4.78 is 14.0. The minimum Gasteiger partial charge on any atom is -0.369 e. The van der Waals surface area contributed by atoms with Crippen LogP contribution in [0.15, 0.2) is 18.2 Å². The van der Waals surface area contributed by atoms with Crippen molar-refractivity contribution >= 4 is 17.3 Å². The number of alkyl halides is 1. The van der Waals surface area contributed by atoms with Crippen LogP contribution in [0.2, 0.25) is 0 Å². The van der Waals surface area contributed by atoms with Gasteiger partial charge in [-0.1, -0.05) is 13.0 Å². The van der Waals surface area contributed by atoms with Gasteiger partial charge in [0.1, 0.15) is 5.82 Å². The number of nitrogens with zero attached hydrogens (tertiary/aromatic N) is 1. The highest BCUT2D eigenvalue weighted by Crippen LogP contribution is 2.30. The summed E-state index contributed by atoms with van der Waals surface area (Å²) >= 11 is 5.72. The maximum Gasteiger partial charge on any atom is 0.146 e. The second-order valence-corrected chi connectivity index (χ2v) is 5.71. The van der Waals surface area contributed by atoms with Crippen molar-refractivity contribution in [3.05, 3.63) is 29.6 Å². The largest absolute Gasteiger partial charge is 0.369 e. The van der Waals surface area contributed by atoms with E-state index < -0.39 is 0 Å². The molecule has 0 radical (unpaired) electrons. The monoisotopic (exact) mass is 269 g/mol. The summed E-state index contributed by atoms with van der Waals surface area (Å²) in [5, 5.41) is 0. The molecule has 0 spiro atoms. The van der Waals surface area contributed by atoms with E-state index in [1.54, 1.807) is 6.07 Å². The van der Waals surface area contributed by atoms with E-state index in [4.69, 9.17) is 11.6 Å². The van der Waals surface area contributed by atoms with Crippen molar-refractivity contribution in [2.75, 3.05) is 11.9 Å². The predicted molar refractivity (Wildman–Crippen MR) is 75.8 cm³/mol. The summed E-state index contributed by atoms with van der Waals surface area (Å²) in [5.41, 5.74) is 1.53. The van der Waals surface area contributed by atoms with Crippen molar-refractivity contribution in [2.45, 2.75) is 44.5 Å². The third-order valence-corrected chi connectivity index (χ3v) is 4.39. The lowest BCUT2D eigenvalue weighted by molar-refractivity contribution is 0.339. The first kappa shape index (κ1) is 13.7. The number of hydrogen-bond acceptors (Lipinski definition) is 1. The SMILES string of the molecule is CC1CCC(N(C)c2ccc(CCl)cc2F)CC1. The summed E-state index contributed by atoms with van der Waals surface area (Å²) in [6.45, 7) is 2.30. The first-order valence-corrected chi connectivity index (χ1v) is 7.22. The van der Waals surface area contributed by atoms with Crippen LogP contribution in [0.5, 0.6) is 0 Å². The molecule has 1 fully saturated rings. The normalized spacial score (nSPS) is 24.0. The zero-order valence-electron chi connectivity index (χ0n) is 11.1. The van der Waals surface area contributed by atoms with Crippen LogP contribution in [0.3, 0.4) is 0 Å². The van der Waals surface area contributed by atoms with Gasteiger partial charge in [0.25, 0.3) is 0 Å². The number of anilines is 1. The van der Waals surface area contributed by atoms with Crippen LogP contribution >= 0.6 is 11.6 Å². The maximum absolute atomic E-state index is 14.0. The predicted octanol–water partition coefficient (Wildman–Crippen LogP) is 4.58. The second kappa shape index (κ2) is 5.92. The summed E-state index contributed by atoms with van der Waals surface area (Å²) in [6, 6.07) is 5.78. The fourth-order valence-electron chi connectivity index (χ4n) is 2.75. The van der Waals surface area contributed by atoms with Gasteiger partial charge in [0, 0.05) is 19.0 Å². The van der Waals surface area contributed by atoms with E-state index in [9.17, 15) is 4.39 Å². The van der Waals surface area contributed by atoms with Gasteiger partial charge in [-0.05, 0) is 49.3 Å². The van der Waals surface area contributed by atoms with Crippen LogP contribution in [0.1, 0.15) is 38.2 Å². The second-order valence-electron chi connectivity index (χ2n) is 5.44. The first-order valence-electron chi connectivity index (χ1n) is 6.69. The molecule has 18 heavy (non-hydrogen) atoms. The zero-order chi connectivity index (χ0) is 13.1. The molecular weight excluding hydrogens is 249 g/mol. The Hall–Kier alpha value is -0.760. The molecule has 1 aromatic rings. The third-order valence-electron chi connectivity index (χ3n) is 4.08. The average Bonchev–Trinajstić information content (AvgIpc) is 2.38. The Morgan fingerprint density at radius 1 is 1.28 bits per heavy atom. The molecule has 0 aromatic heterocycles. The smallest absolute Gasteiger partial charge is 0.146 e. The molecule has 0 bridgehead atoms. The highest BCUT2D eigenvalue weighted by molar-refractivity contribution is 6.17. The maximum atomic E-state index is 14.0. The Bertz CT molecular complexity index is 399. The van der Waals surface area contributed by atoms with E-state index in [0.29, 0.717) is 17.6 Å². The molecule has 3 heteroatoms. The molecule has 0 unspecified atom stereocenters. The molecule has 100 valence electrons.